The molecule has 0 atom stereocenters. The van der Waals surface area contributed by atoms with E-state index in [2.05, 4.69) is 25.3 Å². The van der Waals surface area contributed by atoms with Crippen molar-refractivity contribution in [3.8, 4) is 0 Å². The van der Waals surface area contributed by atoms with Crippen molar-refractivity contribution in [2.45, 2.75) is 31.6 Å². The second kappa shape index (κ2) is 5.40. The smallest absolute Gasteiger partial charge is 0.294 e. The molecule has 2 aliphatic rings. The number of hydrogen-bond acceptors (Lipinski definition) is 6. The first-order valence-electron chi connectivity index (χ1n) is 7.64. The summed E-state index contributed by atoms with van der Waals surface area (Å²) in [4.78, 5) is 22.8. The van der Waals surface area contributed by atoms with Crippen molar-refractivity contribution in [2.75, 3.05) is 23.3 Å². The van der Waals surface area contributed by atoms with Gasteiger partial charge in [0.15, 0.2) is 5.82 Å². The largest absolute Gasteiger partial charge is 0.355 e. The molecule has 1 aliphatic heterocycles. The summed E-state index contributed by atoms with van der Waals surface area (Å²) in [6, 6.07) is 1.73. The number of hydrogen-bond donors (Lipinski definition) is 1. The average Bonchev–Trinajstić information content (AvgIpc) is 3.05. The molecular weight excluding hydrogens is 282 g/mol. The minimum atomic E-state index is -0.311. The molecule has 7 nitrogen and oxygen atoms in total. The van der Waals surface area contributed by atoms with Gasteiger partial charge in [-0.25, -0.2) is 9.97 Å². The van der Waals surface area contributed by atoms with E-state index < -0.39 is 0 Å². The Morgan fingerprint density at radius 3 is 2.91 bits per heavy atom. The van der Waals surface area contributed by atoms with Crippen LogP contribution < -0.4 is 10.2 Å². The number of nitrogens with zero attached hydrogens (tertiary/aromatic N) is 4. The van der Waals surface area contributed by atoms with Gasteiger partial charge in [0.1, 0.15) is 12.0 Å². The first-order valence-corrected chi connectivity index (χ1v) is 7.64. The monoisotopic (exact) mass is 299 g/mol. The van der Waals surface area contributed by atoms with Crippen molar-refractivity contribution in [3.05, 3.63) is 30.0 Å². The summed E-state index contributed by atoms with van der Waals surface area (Å²) in [5.41, 5.74) is 1.48. The fourth-order valence-electron chi connectivity index (χ4n) is 2.74. The van der Waals surface area contributed by atoms with E-state index in [1.165, 1.54) is 6.33 Å². The van der Waals surface area contributed by atoms with E-state index in [-0.39, 0.29) is 11.7 Å². The Morgan fingerprint density at radius 1 is 1.32 bits per heavy atom. The Hall–Kier alpha value is -2.44. The van der Waals surface area contributed by atoms with Crippen LogP contribution in [0.25, 0.3) is 0 Å². The molecule has 7 heteroatoms. The van der Waals surface area contributed by atoms with Crippen molar-refractivity contribution >= 4 is 17.4 Å². The molecule has 2 aromatic heterocycles. The van der Waals surface area contributed by atoms with Crippen molar-refractivity contribution in [1.82, 2.24) is 15.1 Å². The van der Waals surface area contributed by atoms with Gasteiger partial charge in [-0.1, -0.05) is 5.16 Å². The number of amides is 1. The zero-order chi connectivity index (χ0) is 14.9. The van der Waals surface area contributed by atoms with Crippen molar-refractivity contribution in [3.63, 3.8) is 0 Å². The highest BCUT2D eigenvalue weighted by Crippen LogP contribution is 2.39. The molecule has 2 fully saturated rings. The van der Waals surface area contributed by atoms with E-state index in [0.29, 0.717) is 11.6 Å². The second-order valence-corrected chi connectivity index (χ2v) is 5.80. The Kier molecular flexibility index (Phi) is 3.25. The van der Waals surface area contributed by atoms with Gasteiger partial charge in [-0.15, -0.1) is 0 Å². The molecule has 3 heterocycles. The van der Waals surface area contributed by atoms with Gasteiger partial charge in [0.25, 0.3) is 5.91 Å². The van der Waals surface area contributed by atoms with E-state index in [1.807, 2.05) is 0 Å². The lowest BCUT2D eigenvalue weighted by atomic mass is 10.2. The summed E-state index contributed by atoms with van der Waals surface area (Å²) < 4.78 is 5.15. The Balaban J connectivity index is 1.53. The summed E-state index contributed by atoms with van der Waals surface area (Å²) in [5.74, 6) is 1.15. The maximum absolute atomic E-state index is 12.3. The summed E-state index contributed by atoms with van der Waals surface area (Å²) >= 11 is 0. The molecule has 1 amide bonds. The molecule has 1 saturated carbocycles. The van der Waals surface area contributed by atoms with Gasteiger partial charge in [-0.2, -0.15) is 0 Å². The number of rotatable bonds is 4. The van der Waals surface area contributed by atoms with Crippen LogP contribution in [-0.2, 0) is 0 Å². The zero-order valence-corrected chi connectivity index (χ0v) is 12.2. The molecule has 0 aromatic carbocycles. The van der Waals surface area contributed by atoms with Crippen LogP contribution in [0.3, 0.4) is 0 Å². The van der Waals surface area contributed by atoms with Gasteiger partial charge in [0.2, 0.25) is 5.76 Å². The fraction of sp³-hybridized carbons (Fsp3) is 0.467. The molecule has 1 aliphatic carbocycles. The molecule has 22 heavy (non-hydrogen) atoms. The van der Waals surface area contributed by atoms with Crippen molar-refractivity contribution in [2.24, 2.45) is 0 Å². The number of carbonyl (C=O) groups is 1. The van der Waals surface area contributed by atoms with Gasteiger partial charge < -0.3 is 14.7 Å². The number of aromatic nitrogens is 3. The topological polar surface area (TPSA) is 84.2 Å². The molecule has 2 aromatic rings. The van der Waals surface area contributed by atoms with Crippen LogP contribution in [-0.4, -0.2) is 34.1 Å². The zero-order valence-electron chi connectivity index (χ0n) is 12.2. The van der Waals surface area contributed by atoms with Gasteiger partial charge >= 0.3 is 0 Å². The highest BCUT2D eigenvalue weighted by atomic mass is 16.5. The highest BCUT2D eigenvalue weighted by molar-refractivity contribution is 6.03. The first kappa shape index (κ1) is 13.2. The molecule has 0 radical (unpaired) electrons. The van der Waals surface area contributed by atoms with Crippen LogP contribution in [0.4, 0.5) is 11.5 Å². The van der Waals surface area contributed by atoms with E-state index in [1.54, 1.807) is 12.3 Å². The molecule has 1 N–H and O–H groups in total. The van der Waals surface area contributed by atoms with E-state index in [9.17, 15) is 4.79 Å². The SMILES string of the molecule is O=C(Nc1cncnc1N1CCCC1)c1cc(C2CC2)no1. The Bertz CT molecular complexity index is 689. The Labute approximate surface area is 127 Å². The third-order valence-electron chi connectivity index (χ3n) is 4.09. The molecule has 0 unspecified atom stereocenters. The summed E-state index contributed by atoms with van der Waals surface area (Å²) in [5, 5.41) is 6.80. The normalized spacial score (nSPS) is 17.7. The lowest BCUT2D eigenvalue weighted by Crippen LogP contribution is -2.22. The highest BCUT2D eigenvalue weighted by Gasteiger charge is 2.28. The second-order valence-electron chi connectivity index (χ2n) is 5.80. The summed E-state index contributed by atoms with van der Waals surface area (Å²) in [6.45, 7) is 1.90. The third-order valence-corrected chi connectivity index (χ3v) is 4.09. The molecule has 0 spiro atoms. The lowest BCUT2D eigenvalue weighted by molar-refractivity contribution is 0.0987. The van der Waals surface area contributed by atoms with Crippen LogP contribution >= 0.6 is 0 Å². The van der Waals surface area contributed by atoms with Crippen LogP contribution in [0.2, 0.25) is 0 Å². The summed E-state index contributed by atoms with van der Waals surface area (Å²) in [6.07, 6.45) is 7.66. The molecular formula is C15H17N5O2. The summed E-state index contributed by atoms with van der Waals surface area (Å²) in [7, 11) is 0. The Morgan fingerprint density at radius 2 is 2.14 bits per heavy atom. The molecule has 0 bridgehead atoms. The number of anilines is 2. The van der Waals surface area contributed by atoms with Crippen molar-refractivity contribution < 1.29 is 9.32 Å². The number of nitrogens with one attached hydrogen (secondary N) is 1. The third kappa shape index (κ3) is 2.54. The van der Waals surface area contributed by atoms with Gasteiger partial charge in [0, 0.05) is 25.1 Å². The quantitative estimate of drug-likeness (QED) is 0.931. The maximum atomic E-state index is 12.3. The maximum Gasteiger partial charge on any atom is 0.294 e. The van der Waals surface area contributed by atoms with E-state index >= 15 is 0 Å². The molecule has 114 valence electrons. The number of carbonyl (C=O) groups excluding carboxylic acids is 1. The van der Waals surface area contributed by atoms with Crippen LogP contribution in [0.5, 0.6) is 0 Å². The molecule has 4 rings (SSSR count). The minimum absolute atomic E-state index is 0.234. The first-order chi connectivity index (χ1) is 10.8. The standard InChI is InChI=1S/C15H17N5O2/c21-15(13-7-11(19-22-13)10-3-4-10)18-12-8-16-9-17-14(12)20-5-1-2-6-20/h7-10H,1-6H2,(H,18,21). The predicted molar refractivity (Wildman–Crippen MR) is 79.9 cm³/mol. The predicted octanol–water partition coefficient (Wildman–Crippen LogP) is 2.19. The van der Waals surface area contributed by atoms with E-state index in [4.69, 9.17) is 4.52 Å². The lowest BCUT2D eigenvalue weighted by Gasteiger charge is -2.19. The van der Waals surface area contributed by atoms with Crippen LogP contribution in [0.1, 0.15) is 47.8 Å². The van der Waals surface area contributed by atoms with Crippen molar-refractivity contribution in [1.29, 1.82) is 0 Å². The minimum Gasteiger partial charge on any atom is -0.355 e. The molecule has 1 saturated heterocycles. The van der Waals surface area contributed by atoms with Gasteiger partial charge in [0.05, 0.1) is 11.9 Å². The fourth-order valence-corrected chi connectivity index (χ4v) is 2.74. The average molecular weight is 299 g/mol. The van der Waals surface area contributed by atoms with Crippen LogP contribution in [0.15, 0.2) is 23.1 Å². The van der Waals surface area contributed by atoms with E-state index in [0.717, 1.165) is 50.3 Å². The van der Waals surface area contributed by atoms with Gasteiger partial charge in [-0.3, -0.25) is 4.79 Å². The van der Waals surface area contributed by atoms with Gasteiger partial charge in [-0.05, 0) is 25.7 Å². The van der Waals surface area contributed by atoms with Crippen LogP contribution in [0, 0.1) is 0 Å².